The quantitative estimate of drug-likeness (QED) is 0.726. The normalized spacial score (nSPS) is 28.6. The lowest BCUT2D eigenvalue weighted by Crippen LogP contribution is -2.49. The van der Waals surface area contributed by atoms with Gasteiger partial charge in [0.05, 0.1) is 0 Å². The Kier molecular flexibility index (Phi) is 5.04. The van der Waals surface area contributed by atoms with Gasteiger partial charge in [0.15, 0.2) is 0 Å². The molecule has 0 bridgehead atoms. The summed E-state index contributed by atoms with van der Waals surface area (Å²) in [7, 11) is -3.27. The summed E-state index contributed by atoms with van der Waals surface area (Å²) < 4.78 is 27.5. The smallest absolute Gasteiger partial charge is 0.195 e. The molecule has 0 saturated carbocycles. The van der Waals surface area contributed by atoms with E-state index in [0.29, 0.717) is 26.2 Å². The molecule has 4 nitrogen and oxygen atoms in total. The number of piperidine rings is 1. The summed E-state index contributed by atoms with van der Waals surface area (Å²) in [6.07, 6.45) is 0.739. The SMILES string of the molecule is CCN(CC)S(=O)(=O)N1CCC(Cl)C(C)C1. The summed E-state index contributed by atoms with van der Waals surface area (Å²) in [4.78, 5) is 0. The first-order valence-electron chi connectivity index (χ1n) is 5.82. The highest BCUT2D eigenvalue weighted by Crippen LogP contribution is 2.24. The van der Waals surface area contributed by atoms with Crippen LogP contribution in [0.3, 0.4) is 0 Å². The van der Waals surface area contributed by atoms with Crippen LogP contribution < -0.4 is 0 Å². The third kappa shape index (κ3) is 2.88. The van der Waals surface area contributed by atoms with Crippen molar-refractivity contribution in [2.24, 2.45) is 5.92 Å². The number of rotatable bonds is 4. The van der Waals surface area contributed by atoms with Crippen molar-refractivity contribution in [2.45, 2.75) is 32.6 Å². The Bertz CT molecular complexity index is 317. The Balaban J connectivity index is 2.77. The second-order valence-corrected chi connectivity index (χ2v) is 6.72. The first kappa shape index (κ1) is 14.2. The van der Waals surface area contributed by atoms with Crippen LogP contribution in [0.4, 0.5) is 0 Å². The van der Waals surface area contributed by atoms with Crippen LogP contribution in [0, 0.1) is 5.92 Å². The van der Waals surface area contributed by atoms with E-state index in [-0.39, 0.29) is 11.3 Å². The molecule has 0 aliphatic carbocycles. The molecule has 0 radical (unpaired) electrons. The van der Waals surface area contributed by atoms with Crippen LogP contribution in [0.2, 0.25) is 0 Å². The Morgan fingerprint density at radius 1 is 1.38 bits per heavy atom. The highest BCUT2D eigenvalue weighted by atomic mass is 35.5. The van der Waals surface area contributed by atoms with E-state index in [2.05, 4.69) is 0 Å². The van der Waals surface area contributed by atoms with E-state index in [1.165, 1.54) is 4.31 Å². The second kappa shape index (κ2) is 5.67. The summed E-state index contributed by atoms with van der Waals surface area (Å²) in [5.74, 6) is 0.223. The van der Waals surface area contributed by atoms with E-state index < -0.39 is 10.2 Å². The molecule has 0 aromatic rings. The maximum absolute atomic E-state index is 12.2. The number of halogens is 1. The summed E-state index contributed by atoms with van der Waals surface area (Å²) in [5, 5.41) is 0.100. The van der Waals surface area contributed by atoms with Gasteiger partial charge in [-0.25, -0.2) is 0 Å². The van der Waals surface area contributed by atoms with Crippen molar-refractivity contribution in [3.8, 4) is 0 Å². The molecule has 2 unspecified atom stereocenters. The molecule has 2 atom stereocenters. The van der Waals surface area contributed by atoms with Crippen molar-refractivity contribution in [1.82, 2.24) is 8.61 Å². The predicted molar refractivity (Wildman–Crippen MR) is 66.8 cm³/mol. The first-order valence-corrected chi connectivity index (χ1v) is 7.66. The van der Waals surface area contributed by atoms with Crippen LogP contribution in [0.5, 0.6) is 0 Å². The van der Waals surface area contributed by atoms with Crippen molar-refractivity contribution >= 4 is 21.8 Å². The fourth-order valence-corrected chi connectivity index (χ4v) is 3.92. The standard InChI is InChI=1S/C10H21ClN2O2S/c1-4-12(5-2)16(14,15)13-7-6-10(11)9(3)8-13/h9-10H,4-8H2,1-3H3. The molecule has 1 fully saturated rings. The highest BCUT2D eigenvalue weighted by molar-refractivity contribution is 7.86. The van der Waals surface area contributed by atoms with Gasteiger partial charge in [0.1, 0.15) is 0 Å². The zero-order chi connectivity index (χ0) is 12.3. The van der Waals surface area contributed by atoms with Crippen molar-refractivity contribution in [3.63, 3.8) is 0 Å². The lowest BCUT2D eigenvalue weighted by Gasteiger charge is -2.35. The molecule has 0 aromatic heterocycles. The Hall–Kier alpha value is 0.160. The van der Waals surface area contributed by atoms with E-state index in [1.54, 1.807) is 4.31 Å². The minimum absolute atomic E-state index is 0.100. The first-order chi connectivity index (χ1) is 7.43. The maximum Gasteiger partial charge on any atom is 0.281 e. The molecule has 96 valence electrons. The van der Waals surface area contributed by atoms with Crippen molar-refractivity contribution < 1.29 is 8.42 Å². The maximum atomic E-state index is 12.2. The average Bonchev–Trinajstić information content (AvgIpc) is 2.23. The Morgan fingerprint density at radius 2 is 1.94 bits per heavy atom. The molecule has 0 aromatic carbocycles. The monoisotopic (exact) mass is 268 g/mol. The van der Waals surface area contributed by atoms with Gasteiger partial charge < -0.3 is 0 Å². The highest BCUT2D eigenvalue weighted by Gasteiger charge is 2.34. The number of hydrogen-bond donors (Lipinski definition) is 0. The zero-order valence-electron chi connectivity index (χ0n) is 10.2. The molecule has 0 amide bonds. The fraction of sp³-hybridized carbons (Fsp3) is 1.00. The molecule has 0 N–H and O–H groups in total. The van der Waals surface area contributed by atoms with E-state index in [1.807, 2.05) is 20.8 Å². The topological polar surface area (TPSA) is 40.6 Å². The largest absolute Gasteiger partial charge is 0.281 e. The van der Waals surface area contributed by atoms with Crippen LogP contribution in [-0.4, -0.2) is 48.6 Å². The molecular weight excluding hydrogens is 248 g/mol. The van der Waals surface area contributed by atoms with Crippen LogP contribution in [-0.2, 0) is 10.2 Å². The molecule has 1 rings (SSSR count). The van der Waals surface area contributed by atoms with Crippen LogP contribution in [0.25, 0.3) is 0 Å². The molecular formula is C10H21ClN2O2S. The minimum Gasteiger partial charge on any atom is -0.195 e. The molecule has 1 aliphatic heterocycles. The summed E-state index contributed by atoms with van der Waals surface area (Å²) in [6, 6.07) is 0. The van der Waals surface area contributed by atoms with Gasteiger partial charge in [-0.2, -0.15) is 17.0 Å². The minimum atomic E-state index is -3.27. The van der Waals surface area contributed by atoms with E-state index >= 15 is 0 Å². The van der Waals surface area contributed by atoms with Crippen molar-refractivity contribution in [2.75, 3.05) is 26.2 Å². The predicted octanol–water partition coefficient (Wildman–Crippen LogP) is 1.52. The van der Waals surface area contributed by atoms with E-state index in [0.717, 1.165) is 6.42 Å². The number of hydrogen-bond acceptors (Lipinski definition) is 2. The zero-order valence-corrected chi connectivity index (χ0v) is 11.8. The van der Waals surface area contributed by atoms with Gasteiger partial charge in [-0.3, -0.25) is 0 Å². The van der Waals surface area contributed by atoms with Gasteiger partial charge in [0.25, 0.3) is 10.2 Å². The van der Waals surface area contributed by atoms with Gasteiger partial charge in [-0.05, 0) is 12.3 Å². The fourth-order valence-electron chi connectivity index (χ4n) is 2.00. The van der Waals surface area contributed by atoms with E-state index in [4.69, 9.17) is 11.6 Å². The Morgan fingerprint density at radius 3 is 2.38 bits per heavy atom. The molecule has 0 spiro atoms. The van der Waals surface area contributed by atoms with Crippen LogP contribution >= 0.6 is 11.6 Å². The molecule has 16 heavy (non-hydrogen) atoms. The summed E-state index contributed by atoms with van der Waals surface area (Å²) >= 11 is 6.09. The van der Waals surface area contributed by atoms with E-state index in [9.17, 15) is 8.42 Å². The lowest BCUT2D eigenvalue weighted by atomic mass is 10.0. The molecule has 1 aliphatic rings. The van der Waals surface area contributed by atoms with Gasteiger partial charge >= 0.3 is 0 Å². The third-order valence-corrected chi connectivity index (χ3v) is 5.92. The average molecular weight is 269 g/mol. The summed E-state index contributed by atoms with van der Waals surface area (Å²) in [6.45, 7) is 7.84. The van der Waals surface area contributed by atoms with Gasteiger partial charge in [-0.1, -0.05) is 20.8 Å². The van der Waals surface area contributed by atoms with Gasteiger partial charge in [0, 0.05) is 31.6 Å². The van der Waals surface area contributed by atoms with Gasteiger partial charge in [-0.15, -0.1) is 11.6 Å². The van der Waals surface area contributed by atoms with Gasteiger partial charge in [0.2, 0.25) is 0 Å². The number of nitrogens with zero attached hydrogens (tertiary/aromatic N) is 2. The third-order valence-electron chi connectivity index (χ3n) is 3.12. The molecule has 1 saturated heterocycles. The molecule has 1 heterocycles. The van der Waals surface area contributed by atoms with Crippen LogP contribution in [0.1, 0.15) is 27.2 Å². The lowest BCUT2D eigenvalue weighted by molar-refractivity contribution is 0.264. The second-order valence-electron chi connectivity index (χ2n) is 4.23. The van der Waals surface area contributed by atoms with Crippen molar-refractivity contribution in [1.29, 1.82) is 0 Å². The molecule has 6 heteroatoms. The van der Waals surface area contributed by atoms with Crippen LogP contribution in [0.15, 0.2) is 0 Å². The Labute approximate surface area is 104 Å². The summed E-state index contributed by atoms with van der Waals surface area (Å²) in [5.41, 5.74) is 0. The van der Waals surface area contributed by atoms with Crippen molar-refractivity contribution in [3.05, 3.63) is 0 Å². The number of alkyl halides is 1.